The van der Waals surface area contributed by atoms with E-state index in [0.29, 0.717) is 30.8 Å². The van der Waals surface area contributed by atoms with Crippen LogP contribution in [0.5, 0.6) is 0 Å². The summed E-state index contributed by atoms with van der Waals surface area (Å²) < 4.78 is 5.92. The number of carbonyl (C=O) groups excluding carboxylic acids is 1. The predicted octanol–water partition coefficient (Wildman–Crippen LogP) is 7.38. The number of fused-ring (bicyclic) bond motifs is 4. The summed E-state index contributed by atoms with van der Waals surface area (Å²) in [5, 5.41) is 10.9. The van der Waals surface area contributed by atoms with Crippen LogP contribution in [0, 0.1) is 39.4 Å². The van der Waals surface area contributed by atoms with Crippen molar-refractivity contribution in [1.82, 2.24) is 0 Å². The van der Waals surface area contributed by atoms with E-state index in [0.717, 1.165) is 32.1 Å². The number of cyclic esters (lactones) is 1. The second-order valence-corrected chi connectivity index (χ2v) is 13.6. The van der Waals surface area contributed by atoms with E-state index in [4.69, 9.17) is 4.74 Å². The molecule has 190 valence electrons. The van der Waals surface area contributed by atoms with Crippen LogP contribution < -0.4 is 0 Å². The fourth-order valence-corrected chi connectivity index (χ4v) is 9.12. The molecule has 4 rings (SSSR count). The Balaban J connectivity index is 1.74. The quantitative estimate of drug-likeness (QED) is 0.266. The van der Waals surface area contributed by atoms with E-state index in [1.165, 1.54) is 23.1 Å². The highest BCUT2D eigenvalue weighted by Crippen LogP contribution is 2.73. The Labute approximate surface area is 208 Å². The molecule has 0 bridgehead atoms. The number of allylic oxidation sites excluding steroid dienone is 6. The summed E-state index contributed by atoms with van der Waals surface area (Å²) in [5.74, 6) is 1.77. The number of hydrogen-bond acceptors (Lipinski definition) is 2. The van der Waals surface area contributed by atoms with Gasteiger partial charge in [0.05, 0.1) is 11.5 Å². The van der Waals surface area contributed by atoms with Crippen LogP contribution in [0.25, 0.3) is 0 Å². The number of esters is 1. The van der Waals surface area contributed by atoms with E-state index in [1.54, 1.807) is 0 Å². The van der Waals surface area contributed by atoms with Gasteiger partial charge < -0.3 is 14.6 Å². The molecule has 4 fully saturated rings. The fraction of sp³-hybridized carbons (Fsp3) is 0.774. The average Bonchev–Trinajstić information content (AvgIpc) is 3.15. The number of aliphatic hydroxyl groups is 1. The smallest absolute Gasteiger partial charge is 0.393 e. The Kier molecular flexibility index (Phi) is 6.54. The Morgan fingerprint density at radius 1 is 0.912 bits per heavy atom. The van der Waals surface area contributed by atoms with Crippen molar-refractivity contribution in [1.29, 1.82) is 0 Å². The third-order valence-electron chi connectivity index (χ3n) is 11.3. The lowest BCUT2D eigenvalue weighted by Gasteiger charge is -2.69. The van der Waals surface area contributed by atoms with Gasteiger partial charge in [-0.3, -0.25) is 0 Å². The van der Waals surface area contributed by atoms with Gasteiger partial charge in [0, 0.05) is 0 Å². The molecule has 0 amide bonds. The van der Waals surface area contributed by atoms with Gasteiger partial charge in [-0.1, -0.05) is 57.1 Å². The summed E-state index contributed by atoms with van der Waals surface area (Å²) in [6.45, 7) is 19.0. The largest absolute Gasteiger partial charge is 0.483 e. The molecule has 3 nitrogen and oxygen atoms in total. The van der Waals surface area contributed by atoms with Crippen LogP contribution in [0.2, 0.25) is 0 Å². The molecule has 3 unspecified atom stereocenters. The summed E-state index contributed by atoms with van der Waals surface area (Å²) in [5.41, 5.74) is 4.20. The highest BCUT2D eigenvalue weighted by Gasteiger charge is 2.71. The maximum Gasteiger partial charge on any atom is 0.483 e. The first-order valence-corrected chi connectivity index (χ1v) is 13.6. The number of hydrogen-bond donors (Lipinski definition) is 1. The SMILES string of the molecule is CC(C)=C/C=C(C)/C(C)=C/C1CCC2[C@@]3(C)CC[C@H](O)C(C)(C)C3CC[C@@]2(C)[C@]12COC(=[OH+])C2. The molecule has 1 aliphatic heterocycles. The summed E-state index contributed by atoms with van der Waals surface area (Å²) in [6.07, 6.45) is 14.1. The van der Waals surface area contributed by atoms with Crippen molar-refractivity contribution in [2.24, 2.45) is 39.4 Å². The van der Waals surface area contributed by atoms with Crippen molar-refractivity contribution in [3.63, 3.8) is 0 Å². The molecule has 3 saturated carbocycles. The lowest BCUT2D eigenvalue weighted by molar-refractivity contribution is -0.222. The van der Waals surface area contributed by atoms with E-state index in [9.17, 15) is 9.90 Å². The van der Waals surface area contributed by atoms with E-state index >= 15 is 0 Å². The lowest BCUT2D eigenvalue weighted by Crippen LogP contribution is -2.65. The van der Waals surface area contributed by atoms with Gasteiger partial charge in [-0.2, -0.15) is 0 Å². The second kappa shape index (κ2) is 8.64. The molecule has 0 aromatic carbocycles. The first kappa shape index (κ1) is 25.7. The number of aliphatic hydroxyl groups excluding tert-OH is 1. The molecular formula is C31H49O3+. The molecule has 34 heavy (non-hydrogen) atoms. The topological polar surface area (TPSA) is 50.9 Å². The van der Waals surface area contributed by atoms with E-state index in [-0.39, 0.29) is 33.7 Å². The van der Waals surface area contributed by atoms with Gasteiger partial charge in [0.25, 0.3) is 0 Å². The van der Waals surface area contributed by atoms with Gasteiger partial charge in [0.2, 0.25) is 0 Å². The van der Waals surface area contributed by atoms with Crippen LogP contribution in [0.1, 0.15) is 100 Å². The van der Waals surface area contributed by atoms with Crippen LogP contribution in [-0.2, 0) is 4.74 Å². The molecule has 0 aromatic heterocycles. The molecule has 1 saturated heterocycles. The number of ether oxygens (including phenoxy) is 1. The molecule has 3 aliphatic carbocycles. The summed E-state index contributed by atoms with van der Waals surface area (Å²) in [7, 11) is 0. The minimum absolute atomic E-state index is 0.0396. The van der Waals surface area contributed by atoms with Crippen LogP contribution in [0.4, 0.5) is 0 Å². The first-order chi connectivity index (χ1) is 15.8. The van der Waals surface area contributed by atoms with Crippen molar-refractivity contribution in [3.8, 4) is 0 Å². The minimum atomic E-state index is -0.200. The molecule has 2 N–H and O–H groups in total. The Hall–Kier alpha value is -1.35. The molecule has 0 aromatic rings. The number of rotatable bonds is 3. The molecule has 4 aliphatic rings. The summed E-state index contributed by atoms with van der Waals surface area (Å²) in [6, 6.07) is 0. The van der Waals surface area contributed by atoms with Crippen LogP contribution in [0.3, 0.4) is 0 Å². The maximum absolute atomic E-state index is 10.9. The standard InChI is InChI=1S/C31H48O3/c1-20(2)9-10-21(3)22(4)17-23-11-12-25-29(7)15-14-26(32)28(5,6)24(29)13-16-30(25,8)31(23)18-27(33)34-19-31/h9-10,17,23-26,32H,11-16,18-19H2,1-8H3/p+1/b21-10+,22-17+/t23?,24?,25?,26-,29-,30+,31+/m0/s1. The van der Waals surface area contributed by atoms with Crippen LogP contribution in [0.15, 0.2) is 34.9 Å². The third-order valence-corrected chi connectivity index (χ3v) is 11.3. The average molecular weight is 470 g/mol. The normalized spacial score (nSPS) is 44.3. The van der Waals surface area contributed by atoms with Crippen molar-refractivity contribution in [2.45, 2.75) is 106 Å². The van der Waals surface area contributed by atoms with Crippen molar-refractivity contribution in [2.75, 3.05) is 6.61 Å². The fourth-order valence-electron chi connectivity index (χ4n) is 9.12. The van der Waals surface area contributed by atoms with Crippen molar-refractivity contribution < 1.29 is 14.6 Å². The van der Waals surface area contributed by atoms with Gasteiger partial charge in [-0.05, 0) is 106 Å². The van der Waals surface area contributed by atoms with Gasteiger partial charge in [0.15, 0.2) is 6.61 Å². The van der Waals surface area contributed by atoms with Crippen molar-refractivity contribution >= 4 is 5.97 Å². The molecule has 0 radical (unpaired) electrons. The van der Waals surface area contributed by atoms with Gasteiger partial charge >= 0.3 is 5.97 Å². The van der Waals surface area contributed by atoms with Crippen LogP contribution in [-0.4, -0.2) is 28.6 Å². The van der Waals surface area contributed by atoms with Crippen molar-refractivity contribution in [3.05, 3.63) is 34.9 Å². The molecular weight excluding hydrogens is 420 g/mol. The zero-order valence-corrected chi connectivity index (χ0v) is 23.0. The summed E-state index contributed by atoms with van der Waals surface area (Å²) >= 11 is 0. The van der Waals surface area contributed by atoms with E-state index in [2.05, 4.69) is 73.6 Å². The van der Waals surface area contributed by atoms with E-state index < -0.39 is 0 Å². The Morgan fingerprint density at radius 3 is 2.24 bits per heavy atom. The highest BCUT2D eigenvalue weighted by molar-refractivity contribution is 5.74. The zero-order valence-electron chi connectivity index (χ0n) is 23.0. The molecule has 1 heterocycles. The summed E-state index contributed by atoms with van der Waals surface area (Å²) in [4.78, 5) is 10.6. The van der Waals surface area contributed by atoms with Gasteiger partial charge in [-0.15, -0.1) is 0 Å². The van der Waals surface area contributed by atoms with Crippen LogP contribution >= 0.6 is 0 Å². The first-order valence-electron chi connectivity index (χ1n) is 13.6. The predicted molar refractivity (Wildman–Crippen MR) is 141 cm³/mol. The maximum atomic E-state index is 10.9. The minimum Gasteiger partial charge on any atom is -0.393 e. The van der Waals surface area contributed by atoms with E-state index in [1.807, 2.05) is 0 Å². The highest BCUT2D eigenvalue weighted by atomic mass is 16.5. The van der Waals surface area contributed by atoms with Gasteiger partial charge in [-0.25, -0.2) is 0 Å². The van der Waals surface area contributed by atoms with Gasteiger partial charge in [0.1, 0.15) is 6.42 Å². The third kappa shape index (κ3) is 3.76. The monoisotopic (exact) mass is 469 g/mol. The second-order valence-electron chi connectivity index (χ2n) is 13.6. The molecule has 1 spiro atoms. The molecule has 3 heteroatoms. The Morgan fingerprint density at radius 2 is 1.62 bits per heavy atom. The molecule has 7 atom stereocenters. The lowest BCUT2D eigenvalue weighted by atomic mass is 9.35. The Bertz CT molecular complexity index is 919. The zero-order chi connectivity index (χ0) is 25.1.